The Morgan fingerprint density at radius 1 is 1.39 bits per heavy atom. The number of alkyl halides is 3. The maximum Gasteiger partial charge on any atom is 0.574 e. The molecular weight excluding hydrogens is 251 g/mol. The molecule has 1 rings (SSSR count). The number of hydrogen-bond acceptors (Lipinski definition) is 5. The lowest BCUT2D eigenvalue weighted by atomic mass is 10.3. The highest BCUT2D eigenvalue weighted by Gasteiger charge is 2.31. The van der Waals surface area contributed by atoms with E-state index in [-0.39, 0.29) is 0 Å². The molecule has 0 fully saturated rings. The average Bonchev–Trinajstić information content (AvgIpc) is 2.24. The molecule has 1 aromatic rings. The first kappa shape index (κ1) is 14.5. The molecule has 1 unspecified atom stereocenters. The van der Waals surface area contributed by atoms with E-state index in [0.29, 0.717) is 18.8 Å². The fourth-order valence-corrected chi connectivity index (χ4v) is 1.17. The summed E-state index contributed by atoms with van der Waals surface area (Å²) in [4.78, 5) is 8.98. The molecule has 0 bridgehead atoms. The topological polar surface area (TPSA) is 58.5 Å². The van der Waals surface area contributed by atoms with E-state index >= 15 is 0 Å². The van der Waals surface area contributed by atoms with Crippen LogP contribution in [0.5, 0.6) is 5.88 Å². The minimum Gasteiger partial charge on any atom is -0.393 e. The number of aliphatic hydroxyl groups excluding tert-OH is 1. The van der Waals surface area contributed by atoms with Crippen LogP contribution >= 0.6 is 0 Å². The molecule has 102 valence electrons. The van der Waals surface area contributed by atoms with Gasteiger partial charge in [-0.1, -0.05) is 0 Å². The van der Waals surface area contributed by atoms with Crippen molar-refractivity contribution in [1.29, 1.82) is 0 Å². The van der Waals surface area contributed by atoms with Gasteiger partial charge in [0, 0.05) is 13.6 Å². The molecule has 8 heteroatoms. The second kappa shape index (κ2) is 5.85. The SMILES string of the molecule is CC(O)CCN(C)c1cnc(OC(F)(F)F)cn1. The normalized spacial score (nSPS) is 13.2. The Balaban J connectivity index is 2.59. The minimum absolute atomic E-state index is 0.408. The van der Waals surface area contributed by atoms with Crippen LogP contribution in [-0.2, 0) is 0 Å². The van der Waals surface area contributed by atoms with Gasteiger partial charge in [-0.15, -0.1) is 13.2 Å². The predicted octanol–water partition coefficient (Wildman–Crippen LogP) is 1.58. The van der Waals surface area contributed by atoms with Gasteiger partial charge in [-0.3, -0.25) is 0 Å². The molecule has 1 N–H and O–H groups in total. The average molecular weight is 265 g/mol. The van der Waals surface area contributed by atoms with Crippen molar-refractivity contribution in [3.05, 3.63) is 12.4 Å². The molecule has 0 spiro atoms. The van der Waals surface area contributed by atoms with E-state index in [1.807, 2.05) is 0 Å². The van der Waals surface area contributed by atoms with Crippen LogP contribution in [0, 0.1) is 0 Å². The summed E-state index contributed by atoms with van der Waals surface area (Å²) in [5.74, 6) is -0.194. The summed E-state index contributed by atoms with van der Waals surface area (Å²) in [6.07, 6.45) is -2.61. The molecule has 0 saturated heterocycles. The summed E-state index contributed by atoms with van der Waals surface area (Å²) in [5.41, 5.74) is 0. The van der Waals surface area contributed by atoms with Crippen LogP contribution in [0.15, 0.2) is 12.4 Å². The first-order valence-corrected chi connectivity index (χ1v) is 5.25. The van der Waals surface area contributed by atoms with Crippen molar-refractivity contribution in [2.75, 3.05) is 18.5 Å². The second-order valence-electron chi connectivity index (χ2n) is 3.82. The molecule has 0 aromatic carbocycles. The molecule has 18 heavy (non-hydrogen) atoms. The predicted molar refractivity (Wildman–Crippen MR) is 58.3 cm³/mol. The Bertz CT molecular complexity index is 368. The molecule has 5 nitrogen and oxygen atoms in total. The summed E-state index contributed by atoms with van der Waals surface area (Å²) in [7, 11) is 1.71. The fraction of sp³-hybridized carbons (Fsp3) is 0.600. The number of anilines is 1. The molecule has 1 heterocycles. The third-order valence-electron chi connectivity index (χ3n) is 2.11. The highest BCUT2D eigenvalue weighted by atomic mass is 19.4. The van der Waals surface area contributed by atoms with Gasteiger partial charge in [0.2, 0.25) is 5.88 Å². The maximum atomic E-state index is 11.9. The molecule has 0 aliphatic heterocycles. The van der Waals surface area contributed by atoms with E-state index in [2.05, 4.69) is 14.7 Å². The lowest BCUT2D eigenvalue weighted by Crippen LogP contribution is -2.23. The van der Waals surface area contributed by atoms with Crippen molar-refractivity contribution >= 4 is 5.82 Å². The molecule has 0 amide bonds. The highest BCUT2D eigenvalue weighted by molar-refractivity contribution is 5.35. The summed E-state index contributed by atoms with van der Waals surface area (Å²) in [6, 6.07) is 0. The third-order valence-corrected chi connectivity index (χ3v) is 2.11. The number of ether oxygens (including phenoxy) is 1. The van der Waals surface area contributed by atoms with E-state index in [1.54, 1.807) is 18.9 Å². The standard InChI is InChI=1S/C10H14F3N3O2/c1-7(17)3-4-16(2)8-5-15-9(6-14-8)18-10(11,12)13/h5-7,17H,3-4H2,1-2H3. The number of nitrogens with zero attached hydrogens (tertiary/aromatic N) is 3. The lowest BCUT2D eigenvalue weighted by Gasteiger charge is -2.18. The van der Waals surface area contributed by atoms with Gasteiger partial charge in [0.05, 0.1) is 18.5 Å². The molecule has 0 aliphatic carbocycles. The van der Waals surface area contributed by atoms with Crippen molar-refractivity contribution in [1.82, 2.24) is 9.97 Å². The zero-order chi connectivity index (χ0) is 13.8. The van der Waals surface area contributed by atoms with Crippen molar-refractivity contribution in [3.8, 4) is 5.88 Å². The van der Waals surface area contributed by atoms with E-state index in [9.17, 15) is 13.2 Å². The van der Waals surface area contributed by atoms with Crippen molar-refractivity contribution < 1.29 is 23.0 Å². The third kappa shape index (κ3) is 5.17. The van der Waals surface area contributed by atoms with Crippen LogP contribution in [0.3, 0.4) is 0 Å². The van der Waals surface area contributed by atoms with Gasteiger partial charge in [-0.25, -0.2) is 9.97 Å². The summed E-state index contributed by atoms with van der Waals surface area (Å²) in [5, 5.41) is 9.11. The zero-order valence-electron chi connectivity index (χ0n) is 9.98. The van der Waals surface area contributed by atoms with Crippen LogP contribution in [-0.4, -0.2) is 41.1 Å². The van der Waals surface area contributed by atoms with Crippen molar-refractivity contribution in [2.24, 2.45) is 0 Å². The van der Waals surface area contributed by atoms with Crippen LogP contribution < -0.4 is 9.64 Å². The summed E-state index contributed by atoms with van der Waals surface area (Å²) < 4.78 is 39.2. The quantitative estimate of drug-likeness (QED) is 0.876. The van der Waals surface area contributed by atoms with Gasteiger partial charge in [0.1, 0.15) is 5.82 Å². The van der Waals surface area contributed by atoms with Gasteiger partial charge in [-0.05, 0) is 13.3 Å². The number of hydrogen-bond donors (Lipinski definition) is 1. The fourth-order valence-electron chi connectivity index (χ4n) is 1.17. The largest absolute Gasteiger partial charge is 0.574 e. The van der Waals surface area contributed by atoms with Gasteiger partial charge in [0.15, 0.2) is 0 Å². The Morgan fingerprint density at radius 3 is 2.50 bits per heavy atom. The molecule has 1 atom stereocenters. The smallest absolute Gasteiger partial charge is 0.393 e. The monoisotopic (exact) mass is 265 g/mol. The maximum absolute atomic E-state index is 11.9. The minimum atomic E-state index is -4.77. The summed E-state index contributed by atoms with van der Waals surface area (Å²) in [6.45, 7) is 2.17. The van der Waals surface area contributed by atoms with Crippen molar-refractivity contribution in [3.63, 3.8) is 0 Å². The number of aromatic nitrogens is 2. The van der Waals surface area contributed by atoms with Crippen LogP contribution in [0.25, 0.3) is 0 Å². The molecule has 0 radical (unpaired) electrons. The van der Waals surface area contributed by atoms with Crippen LogP contribution in [0.1, 0.15) is 13.3 Å². The second-order valence-corrected chi connectivity index (χ2v) is 3.82. The number of rotatable bonds is 5. The Kier molecular flexibility index (Phi) is 4.71. The first-order chi connectivity index (χ1) is 8.28. The van der Waals surface area contributed by atoms with E-state index in [1.165, 1.54) is 6.20 Å². The van der Waals surface area contributed by atoms with Crippen molar-refractivity contribution in [2.45, 2.75) is 25.8 Å². The summed E-state index contributed by atoms with van der Waals surface area (Å²) >= 11 is 0. The molecular formula is C10H14F3N3O2. The Morgan fingerprint density at radius 2 is 2.06 bits per heavy atom. The van der Waals surface area contributed by atoms with Gasteiger partial charge >= 0.3 is 6.36 Å². The van der Waals surface area contributed by atoms with Gasteiger partial charge < -0.3 is 14.7 Å². The molecule has 1 aromatic heterocycles. The number of aliphatic hydroxyl groups is 1. The zero-order valence-corrected chi connectivity index (χ0v) is 9.98. The Labute approximate surface area is 102 Å². The van der Waals surface area contributed by atoms with E-state index < -0.39 is 18.3 Å². The molecule has 0 aliphatic rings. The van der Waals surface area contributed by atoms with E-state index in [4.69, 9.17) is 5.11 Å². The van der Waals surface area contributed by atoms with Crippen LogP contribution in [0.4, 0.5) is 19.0 Å². The van der Waals surface area contributed by atoms with E-state index in [0.717, 1.165) is 6.20 Å². The Hall–Kier alpha value is -1.57. The van der Waals surface area contributed by atoms with Crippen LogP contribution in [0.2, 0.25) is 0 Å². The van der Waals surface area contributed by atoms with Gasteiger partial charge in [-0.2, -0.15) is 0 Å². The number of halogens is 3. The van der Waals surface area contributed by atoms with Gasteiger partial charge in [0.25, 0.3) is 0 Å². The molecule has 0 saturated carbocycles. The highest BCUT2D eigenvalue weighted by Crippen LogP contribution is 2.20. The lowest BCUT2D eigenvalue weighted by molar-refractivity contribution is -0.276. The first-order valence-electron chi connectivity index (χ1n) is 5.25.